The lowest BCUT2D eigenvalue weighted by molar-refractivity contribution is -0.155. The number of aryl methyl sites for hydroxylation is 1. The standard InChI is InChI=1S/C18H26F3NO4S/c1-17(2,3)26-16(23)13-12-15(22-27(24,25)18(19,20)21)11-7-10-14-8-5-4-6-9-14/h4-6,8-9,15,22H,7,10-13H2,1-3H3. The normalized spacial score (nSPS) is 14.0. The molecule has 9 heteroatoms. The third kappa shape index (κ3) is 9.23. The predicted molar refractivity (Wildman–Crippen MR) is 96.4 cm³/mol. The highest BCUT2D eigenvalue weighted by atomic mass is 32.2. The van der Waals surface area contributed by atoms with Crippen LogP contribution in [0.15, 0.2) is 30.3 Å². The van der Waals surface area contributed by atoms with Gasteiger partial charge in [-0.1, -0.05) is 30.3 Å². The van der Waals surface area contributed by atoms with Gasteiger partial charge in [-0.2, -0.15) is 13.2 Å². The van der Waals surface area contributed by atoms with Gasteiger partial charge in [0.15, 0.2) is 0 Å². The summed E-state index contributed by atoms with van der Waals surface area (Å²) in [6.07, 6.45) is 1.00. The van der Waals surface area contributed by atoms with E-state index in [1.807, 2.05) is 30.3 Å². The first-order chi connectivity index (χ1) is 12.3. The van der Waals surface area contributed by atoms with E-state index >= 15 is 0 Å². The Balaban J connectivity index is 2.69. The van der Waals surface area contributed by atoms with Gasteiger partial charge in [-0.15, -0.1) is 0 Å². The van der Waals surface area contributed by atoms with Crippen molar-refractivity contribution in [2.45, 2.75) is 70.0 Å². The van der Waals surface area contributed by atoms with Gasteiger partial charge in [-0.25, -0.2) is 13.1 Å². The number of benzene rings is 1. The highest BCUT2D eigenvalue weighted by Gasteiger charge is 2.46. The van der Waals surface area contributed by atoms with Gasteiger partial charge in [-0.3, -0.25) is 4.79 Å². The van der Waals surface area contributed by atoms with Gasteiger partial charge in [0, 0.05) is 12.5 Å². The van der Waals surface area contributed by atoms with E-state index in [4.69, 9.17) is 4.74 Å². The molecule has 0 bridgehead atoms. The average molecular weight is 409 g/mol. The van der Waals surface area contributed by atoms with Crippen LogP contribution in [0.1, 0.15) is 52.0 Å². The molecule has 0 aromatic heterocycles. The zero-order chi connectivity index (χ0) is 20.7. The number of hydrogen-bond donors (Lipinski definition) is 1. The number of alkyl halides is 3. The fourth-order valence-corrected chi connectivity index (χ4v) is 3.24. The fourth-order valence-electron chi connectivity index (χ4n) is 2.43. The first kappa shape index (κ1) is 23.4. The molecule has 0 spiro atoms. The second-order valence-electron chi connectivity index (χ2n) is 7.27. The van der Waals surface area contributed by atoms with Gasteiger partial charge in [-0.05, 0) is 52.0 Å². The molecule has 1 aromatic rings. The van der Waals surface area contributed by atoms with Crippen molar-refractivity contribution in [3.05, 3.63) is 35.9 Å². The largest absolute Gasteiger partial charge is 0.511 e. The molecule has 0 saturated heterocycles. The molecular weight excluding hydrogens is 383 g/mol. The zero-order valence-electron chi connectivity index (χ0n) is 15.7. The van der Waals surface area contributed by atoms with Crippen molar-refractivity contribution in [3.8, 4) is 0 Å². The number of hydrogen-bond acceptors (Lipinski definition) is 4. The molecular formula is C18H26F3NO4S. The van der Waals surface area contributed by atoms with Gasteiger partial charge >= 0.3 is 21.5 Å². The maximum atomic E-state index is 12.7. The molecule has 0 radical (unpaired) electrons. The summed E-state index contributed by atoms with van der Waals surface area (Å²) in [6.45, 7) is 5.03. The second kappa shape index (κ2) is 9.54. The van der Waals surface area contributed by atoms with Gasteiger partial charge in [0.1, 0.15) is 5.60 Å². The molecule has 0 amide bonds. The third-order valence-corrected chi connectivity index (χ3v) is 4.86. The monoisotopic (exact) mass is 409 g/mol. The molecule has 1 rings (SSSR count). The number of carbonyl (C=O) groups is 1. The molecule has 0 aliphatic carbocycles. The Bertz CT molecular complexity index is 698. The van der Waals surface area contributed by atoms with Gasteiger partial charge in [0.25, 0.3) is 0 Å². The molecule has 0 fully saturated rings. The number of nitrogens with one attached hydrogen (secondary N) is 1. The first-order valence-electron chi connectivity index (χ1n) is 8.64. The summed E-state index contributed by atoms with van der Waals surface area (Å²) in [5.41, 5.74) is -5.11. The van der Waals surface area contributed by atoms with Crippen LogP contribution >= 0.6 is 0 Å². The quantitative estimate of drug-likeness (QED) is 0.627. The molecule has 1 unspecified atom stereocenters. The van der Waals surface area contributed by atoms with E-state index in [0.717, 1.165) is 5.56 Å². The Kier molecular flexibility index (Phi) is 8.28. The Morgan fingerprint density at radius 3 is 2.22 bits per heavy atom. The van der Waals surface area contributed by atoms with E-state index in [1.54, 1.807) is 25.5 Å². The molecule has 0 saturated carbocycles. The maximum absolute atomic E-state index is 12.7. The lowest BCUT2D eigenvalue weighted by atomic mass is 10.0. The van der Waals surface area contributed by atoms with Crippen LogP contribution in [-0.2, 0) is 26.0 Å². The smallest absolute Gasteiger partial charge is 0.460 e. The topological polar surface area (TPSA) is 72.5 Å². The summed E-state index contributed by atoms with van der Waals surface area (Å²) in [5, 5.41) is 0. The van der Waals surface area contributed by atoms with Crippen LogP contribution in [0, 0.1) is 0 Å². The van der Waals surface area contributed by atoms with E-state index in [1.165, 1.54) is 0 Å². The van der Waals surface area contributed by atoms with E-state index in [0.29, 0.717) is 12.8 Å². The van der Waals surface area contributed by atoms with Crippen molar-refractivity contribution >= 4 is 16.0 Å². The Morgan fingerprint density at radius 1 is 1.11 bits per heavy atom. The van der Waals surface area contributed by atoms with E-state index < -0.39 is 33.1 Å². The van der Waals surface area contributed by atoms with Crippen LogP contribution in [0.4, 0.5) is 13.2 Å². The Labute approximate surface area is 158 Å². The first-order valence-corrected chi connectivity index (χ1v) is 10.1. The van der Waals surface area contributed by atoms with Crippen LogP contribution in [0.2, 0.25) is 0 Å². The summed E-state index contributed by atoms with van der Waals surface area (Å²) in [4.78, 5) is 11.8. The van der Waals surface area contributed by atoms with E-state index in [-0.39, 0.29) is 19.3 Å². The van der Waals surface area contributed by atoms with Crippen LogP contribution in [0.5, 0.6) is 0 Å². The minimum absolute atomic E-state index is 0.0704. The number of carbonyl (C=O) groups excluding carboxylic acids is 1. The lowest BCUT2D eigenvalue weighted by Crippen LogP contribution is -2.43. The van der Waals surface area contributed by atoms with Gasteiger partial charge < -0.3 is 4.74 Å². The number of sulfonamides is 1. The van der Waals surface area contributed by atoms with Crippen LogP contribution in [0.3, 0.4) is 0 Å². The number of halogens is 3. The highest BCUT2D eigenvalue weighted by Crippen LogP contribution is 2.23. The second-order valence-corrected chi connectivity index (χ2v) is 8.97. The van der Waals surface area contributed by atoms with E-state index in [2.05, 4.69) is 0 Å². The van der Waals surface area contributed by atoms with Crippen LogP contribution in [-0.4, -0.2) is 31.5 Å². The predicted octanol–water partition coefficient (Wildman–Crippen LogP) is 3.94. The molecule has 27 heavy (non-hydrogen) atoms. The number of ether oxygens (including phenoxy) is 1. The summed E-state index contributed by atoms with van der Waals surface area (Å²) in [7, 11) is -5.48. The molecule has 5 nitrogen and oxygen atoms in total. The van der Waals surface area contributed by atoms with Crippen LogP contribution in [0.25, 0.3) is 0 Å². The van der Waals surface area contributed by atoms with Crippen molar-refractivity contribution in [1.82, 2.24) is 4.72 Å². The molecule has 0 aliphatic rings. The van der Waals surface area contributed by atoms with Crippen molar-refractivity contribution < 1.29 is 31.1 Å². The fraction of sp³-hybridized carbons (Fsp3) is 0.611. The van der Waals surface area contributed by atoms with Gasteiger partial charge in [0.2, 0.25) is 0 Å². The average Bonchev–Trinajstić information content (AvgIpc) is 2.50. The van der Waals surface area contributed by atoms with Crippen molar-refractivity contribution in [1.29, 1.82) is 0 Å². The zero-order valence-corrected chi connectivity index (χ0v) is 16.5. The maximum Gasteiger partial charge on any atom is 0.511 e. The van der Waals surface area contributed by atoms with Crippen molar-refractivity contribution in [2.24, 2.45) is 0 Å². The summed E-state index contributed by atoms with van der Waals surface area (Å²) in [5.74, 6) is -0.582. The third-order valence-electron chi connectivity index (χ3n) is 3.60. The molecule has 154 valence electrons. The number of rotatable bonds is 9. The summed E-state index contributed by atoms with van der Waals surface area (Å²) in [6, 6.07) is 8.31. The minimum atomic E-state index is -5.48. The van der Waals surface area contributed by atoms with Crippen LogP contribution < -0.4 is 4.72 Å². The molecule has 1 N–H and O–H groups in total. The molecule has 0 aliphatic heterocycles. The lowest BCUT2D eigenvalue weighted by Gasteiger charge is -2.22. The minimum Gasteiger partial charge on any atom is -0.460 e. The van der Waals surface area contributed by atoms with Crippen molar-refractivity contribution in [2.75, 3.05) is 0 Å². The molecule has 0 heterocycles. The van der Waals surface area contributed by atoms with Gasteiger partial charge in [0.05, 0.1) is 0 Å². The Hall–Kier alpha value is -1.61. The van der Waals surface area contributed by atoms with E-state index in [9.17, 15) is 26.4 Å². The molecule has 1 atom stereocenters. The number of esters is 1. The summed E-state index contributed by atoms with van der Waals surface area (Å²) < 4.78 is 67.6. The highest BCUT2D eigenvalue weighted by molar-refractivity contribution is 7.90. The SMILES string of the molecule is CC(C)(C)OC(=O)CCC(CCCc1ccccc1)NS(=O)(=O)C(F)(F)F. The molecule has 1 aromatic carbocycles. The summed E-state index contributed by atoms with van der Waals surface area (Å²) >= 11 is 0. The van der Waals surface area contributed by atoms with Crippen molar-refractivity contribution in [3.63, 3.8) is 0 Å². The Morgan fingerprint density at radius 2 is 1.70 bits per heavy atom.